The first-order valence-electron chi connectivity index (χ1n) is 6.59. The molecule has 0 heterocycles. The molecular formula is C14H20N2O4. The van der Waals surface area contributed by atoms with E-state index in [4.69, 9.17) is 10.8 Å². The number of carboxylic acid groups (broad SMARTS) is 1. The van der Waals surface area contributed by atoms with Gasteiger partial charge >= 0.3 is 12.2 Å². The summed E-state index contributed by atoms with van der Waals surface area (Å²) in [5.41, 5.74) is 4.76. The summed E-state index contributed by atoms with van der Waals surface area (Å²) in [6, 6.07) is 8.89. The maximum atomic E-state index is 10.2. The molecule has 4 N–H and O–H groups in total. The van der Waals surface area contributed by atoms with Crippen molar-refractivity contribution in [2.45, 2.75) is 38.1 Å². The van der Waals surface area contributed by atoms with E-state index in [0.29, 0.717) is 5.75 Å². The normalized spacial score (nSPS) is 14.6. The van der Waals surface area contributed by atoms with Gasteiger partial charge in [0.25, 0.3) is 0 Å². The molecule has 0 spiro atoms. The molecule has 1 aromatic rings. The summed E-state index contributed by atoms with van der Waals surface area (Å²) in [4.78, 5) is 20.3. The van der Waals surface area contributed by atoms with E-state index in [2.05, 4.69) is 10.1 Å². The maximum Gasteiger partial charge on any atom is 0.409 e. The number of carbonyl (C=O) groups is 2. The van der Waals surface area contributed by atoms with Crippen LogP contribution in [0.2, 0.25) is 0 Å². The second kappa shape index (κ2) is 8.79. The molecule has 1 fully saturated rings. The lowest BCUT2D eigenvalue weighted by molar-refractivity contribution is 0.186. The first-order valence-corrected chi connectivity index (χ1v) is 6.59. The molecule has 0 saturated heterocycles. The summed E-state index contributed by atoms with van der Waals surface area (Å²) in [5.74, 6) is 0.468. The largest absolute Gasteiger partial charge is 0.465 e. The quantitative estimate of drug-likeness (QED) is 0.775. The van der Waals surface area contributed by atoms with Crippen molar-refractivity contribution in [3.8, 4) is 5.75 Å². The highest BCUT2D eigenvalue weighted by molar-refractivity contribution is 5.67. The summed E-state index contributed by atoms with van der Waals surface area (Å²) in [6.07, 6.45) is 3.98. The van der Waals surface area contributed by atoms with Gasteiger partial charge in [-0.15, -0.1) is 0 Å². The Labute approximate surface area is 117 Å². The van der Waals surface area contributed by atoms with Crippen LogP contribution in [0.25, 0.3) is 0 Å². The molecule has 0 aromatic heterocycles. The third kappa shape index (κ3) is 7.25. The summed E-state index contributed by atoms with van der Waals surface area (Å²) in [7, 11) is 0. The van der Waals surface area contributed by atoms with E-state index in [1.165, 1.54) is 19.3 Å². The summed E-state index contributed by atoms with van der Waals surface area (Å²) < 4.78 is 4.55. The number of benzene rings is 1. The number of primary amides is 1. The maximum absolute atomic E-state index is 10.2. The molecule has 1 aromatic carbocycles. The molecule has 110 valence electrons. The molecule has 0 unspecified atom stereocenters. The van der Waals surface area contributed by atoms with Crippen molar-refractivity contribution >= 4 is 12.2 Å². The van der Waals surface area contributed by atoms with Gasteiger partial charge in [-0.05, 0) is 25.0 Å². The van der Waals surface area contributed by atoms with E-state index in [1.807, 2.05) is 6.07 Å². The van der Waals surface area contributed by atoms with Gasteiger partial charge in [-0.3, -0.25) is 0 Å². The van der Waals surface area contributed by atoms with Crippen molar-refractivity contribution < 1.29 is 19.4 Å². The van der Waals surface area contributed by atoms with Crippen molar-refractivity contribution in [3.05, 3.63) is 30.3 Å². The Hall–Kier alpha value is -2.24. The summed E-state index contributed by atoms with van der Waals surface area (Å²) in [5, 5.41) is 10.9. The Balaban J connectivity index is 0.000000200. The van der Waals surface area contributed by atoms with Crippen molar-refractivity contribution in [1.29, 1.82) is 0 Å². The molecule has 6 heteroatoms. The van der Waals surface area contributed by atoms with E-state index in [1.54, 1.807) is 24.3 Å². The number of ether oxygens (including phenoxy) is 1. The van der Waals surface area contributed by atoms with Crippen LogP contribution in [-0.4, -0.2) is 23.3 Å². The second-order valence-corrected chi connectivity index (χ2v) is 4.52. The topological polar surface area (TPSA) is 102 Å². The summed E-state index contributed by atoms with van der Waals surface area (Å²) in [6.45, 7) is 0. The number of carbonyl (C=O) groups excluding carboxylic acids is 1. The lowest BCUT2D eigenvalue weighted by Crippen LogP contribution is -2.34. The van der Waals surface area contributed by atoms with Crippen molar-refractivity contribution in [3.63, 3.8) is 0 Å². The minimum atomic E-state index is -0.882. The number of hydrogen-bond donors (Lipinski definition) is 3. The fourth-order valence-electron chi connectivity index (χ4n) is 2.03. The Morgan fingerprint density at radius 2 is 1.75 bits per heavy atom. The summed E-state index contributed by atoms with van der Waals surface area (Å²) >= 11 is 0. The Bertz CT molecular complexity index is 416. The highest BCUT2D eigenvalue weighted by atomic mass is 16.5. The van der Waals surface area contributed by atoms with E-state index < -0.39 is 12.2 Å². The van der Waals surface area contributed by atoms with Gasteiger partial charge in [-0.1, -0.05) is 37.5 Å². The van der Waals surface area contributed by atoms with Crippen molar-refractivity contribution in [2.75, 3.05) is 0 Å². The number of para-hydroxylation sites is 1. The minimum absolute atomic E-state index is 0.228. The number of amides is 2. The molecule has 1 aliphatic carbocycles. The fraction of sp³-hybridized carbons (Fsp3) is 0.429. The predicted molar refractivity (Wildman–Crippen MR) is 74.7 cm³/mol. The van der Waals surface area contributed by atoms with E-state index in [0.717, 1.165) is 12.8 Å². The van der Waals surface area contributed by atoms with E-state index in [9.17, 15) is 9.59 Å². The van der Waals surface area contributed by atoms with Gasteiger partial charge < -0.3 is 20.9 Å². The zero-order chi connectivity index (χ0) is 14.8. The zero-order valence-corrected chi connectivity index (χ0v) is 11.2. The lowest BCUT2D eigenvalue weighted by atomic mass is 9.96. The van der Waals surface area contributed by atoms with Crippen LogP contribution < -0.4 is 15.8 Å². The lowest BCUT2D eigenvalue weighted by Gasteiger charge is -2.20. The average Bonchev–Trinajstić information content (AvgIpc) is 2.40. The highest BCUT2D eigenvalue weighted by Gasteiger charge is 2.14. The van der Waals surface area contributed by atoms with Crippen LogP contribution in [0.4, 0.5) is 9.59 Å². The number of nitrogens with two attached hydrogens (primary N) is 1. The monoisotopic (exact) mass is 280 g/mol. The van der Waals surface area contributed by atoms with Crippen LogP contribution in [0, 0.1) is 0 Å². The number of nitrogens with one attached hydrogen (secondary N) is 1. The van der Waals surface area contributed by atoms with Crippen LogP contribution >= 0.6 is 0 Å². The third-order valence-corrected chi connectivity index (χ3v) is 2.89. The number of hydrogen-bond acceptors (Lipinski definition) is 3. The van der Waals surface area contributed by atoms with Crippen LogP contribution in [-0.2, 0) is 0 Å². The van der Waals surface area contributed by atoms with Crippen molar-refractivity contribution in [1.82, 2.24) is 5.32 Å². The molecule has 1 aliphatic rings. The second-order valence-electron chi connectivity index (χ2n) is 4.52. The Morgan fingerprint density at radius 3 is 2.25 bits per heavy atom. The standard InChI is InChI=1S/C7H7NO2.C7H13NO2/c8-7(9)10-6-4-2-1-3-5-6;9-7(10)8-6-4-2-1-3-5-6/h1-5H,(H2,8,9);6,8H,1-5H2,(H,9,10). The molecule has 20 heavy (non-hydrogen) atoms. The van der Waals surface area contributed by atoms with Gasteiger partial charge in [0, 0.05) is 6.04 Å². The van der Waals surface area contributed by atoms with Crippen LogP contribution in [0.1, 0.15) is 32.1 Å². The highest BCUT2D eigenvalue weighted by Crippen LogP contribution is 2.16. The van der Waals surface area contributed by atoms with Crippen LogP contribution in [0.3, 0.4) is 0 Å². The molecule has 1 saturated carbocycles. The molecule has 0 radical (unpaired) electrons. The van der Waals surface area contributed by atoms with E-state index >= 15 is 0 Å². The van der Waals surface area contributed by atoms with Gasteiger partial charge in [0.05, 0.1) is 0 Å². The molecular weight excluding hydrogens is 260 g/mol. The third-order valence-electron chi connectivity index (χ3n) is 2.89. The fourth-order valence-corrected chi connectivity index (χ4v) is 2.03. The molecule has 2 rings (SSSR count). The molecule has 2 amide bonds. The van der Waals surface area contributed by atoms with Gasteiger partial charge in [-0.2, -0.15) is 0 Å². The van der Waals surface area contributed by atoms with Gasteiger partial charge in [0.1, 0.15) is 5.75 Å². The number of rotatable bonds is 2. The molecule has 0 bridgehead atoms. The molecule has 0 atom stereocenters. The van der Waals surface area contributed by atoms with Crippen LogP contribution in [0.15, 0.2) is 30.3 Å². The van der Waals surface area contributed by atoms with Gasteiger partial charge in [-0.25, -0.2) is 9.59 Å². The van der Waals surface area contributed by atoms with Crippen molar-refractivity contribution in [2.24, 2.45) is 5.73 Å². The van der Waals surface area contributed by atoms with Gasteiger partial charge in [0.2, 0.25) is 0 Å². The molecule has 6 nitrogen and oxygen atoms in total. The van der Waals surface area contributed by atoms with Crippen LogP contribution in [0.5, 0.6) is 5.75 Å². The smallest absolute Gasteiger partial charge is 0.409 e. The predicted octanol–water partition coefficient (Wildman–Crippen LogP) is 2.73. The SMILES string of the molecule is NC(=O)Oc1ccccc1.O=C(O)NC1CCCCC1. The Morgan fingerprint density at radius 1 is 1.15 bits per heavy atom. The minimum Gasteiger partial charge on any atom is -0.465 e. The average molecular weight is 280 g/mol. The van der Waals surface area contributed by atoms with E-state index in [-0.39, 0.29) is 6.04 Å². The Kier molecular flexibility index (Phi) is 6.95. The zero-order valence-electron chi connectivity index (χ0n) is 11.2. The van der Waals surface area contributed by atoms with Gasteiger partial charge in [0.15, 0.2) is 0 Å². The molecule has 0 aliphatic heterocycles. The first kappa shape index (κ1) is 15.8. The first-order chi connectivity index (χ1) is 9.58.